The number of amides is 1. The Morgan fingerprint density at radius 3 is 2.57 bits per heavy atom. The molecule has 0 spiro atoms. The van der Waals surface area contributed by atoms with Crippen LogP contribution in [-0.2, 0) is 4.74 Å². The lowest BCUT2D eigenvalue weighted by atomic mass is 9.72. The molecule has 2 bridgehead atoms. The molecule has 0 unspecified atom stereocenters. The summed E-state index contributed by atoms with van der Waals surface area (Å²) in [4.78, 5) is 34.1. The molecule has 1 amide bonds. The van der Waals surface area contributed by atoms with Crippen molar-refractivity contribution < 1.29 is 19.4 Å². The molecule has 1 aromatic rings. The van der Waals surface area contributed by atoms with Crippen LogP contribution >= 0.6 is 0 Å². The van der Waals surface area contributed by atoms with Gasteiger partial charge in [0.05, 0.1) is 26.1 Å². The quantitative estimate of drug-likeness (QED) is 0.833. The van der Waals surface area contributed by atoms with Crippen molar-refractivity contribution in [3.05, 3.63) is 23.8 Å². The van der Waals surface area contributed by atoms with Gasteiger partial charge >= 0.3 is 5.97 Å². The summed E-state index contributed by atoms with van der Waals surface area (Å²) in [6.07, 6.45) is 6.14. The van der Waals surface area contributed by atoms with E-state index in [-0.39, 0.29) is 41.4 Å². The minimum Gasteiger partial charge on any atom is -0.464 e. The molecule has 124 valence electrons. The van der Waals surface area contributed by atoms with Crippen molar-refractivity contribution in [1.82, 2.24) is 14.9 Å². The van der Waals surface area contributed by atoms with Gasteiger partial charge in [0.15, 0.2) is 5.69 Å². The summed E-state index contributed by atoms with van der Waals surface area (Å²) in [6, 6.07) is 0.207. The van der Waals surface area contributed by atoms with Gasteiger partial charge in [0, 0.05) is 17.5 Å². The summed E-state index contributed by atoms with van der Waals surface area (Å²) >= 11 is 0. The maximum atomic E-state index is 12.8. The topological polar surface area (TPSA) is 92.6 Å². The number of aliphatic hydroxyl groups is 1. The Labute approximate surface area is 134 Å². The third kappa shape index (κ3) is 2.39. The Morgan fingerprint density at radius 2 is 2.04 bits per heavy atom. The third-order valence-electron chi connectivity index (χ3n) is 5.37. The molecule has 0 radical (unpaired) electrons. The van der Waals surface area contributed by atoms with E-state index in [9.17, 15) is 14.7 Å². The van der Waals surface area contributed by atoms with E-state index in [1.165, 1.54) is 19.5 Å². The minimum absolute atomic E-state index is 0.0529. The fraction of sp³-hybridized carbons (Fsp3) is 0.625. The molecule has 2 aliphatic rings. The average molecular weight is 319 g/mol. The van der Waals surface area contributed by atoms with Crippen LogP contribution in [0.25, 0.3) is 0 Å². The molecule has 1 aromatic heterocycles. The number of carbonyl (C=O) groups excluding carboxylic acids is 2. The zero-order chi connectivity index (χ0) is 16.6. The second-order valence-corrected chi connectivity index (χ2v) is 6.32. The van der Waals surface area contributed by atoms with E-state index in [1.807, 2.05) is 4.90 Å². The molecular weight excluding hydrogens is 298 g/mol. The number of hydrogen-bond acceptors (Lipinski definition) is 6. The van der Waals surface area contributed by atoms with E-state index in [1.54, 1.807) is 0 Å². The average Bonchev–Trinajstić information content (AvgIpc) is 3.16. The number of methoxy groups -OCH3 is 1. The van der Waals surface area contributed by atoms with Gasteiger partial charge in [-0.05, 0) is 25.7 Å². The highest BCUT2D eigenvalue weighted by Gasteiger charge is 2.56. The van der Waals surface area contributed by atoms with Crippen LogP contribution in [0.2, 0.25) is 0 Å². The van der Waals surface area contributed by atoms with Crippen LogP contribution in [-0.4, -0.2) is 57.7 Å². The summed E-state index contributed by atoms with van der Waals surface area (Å²) in [7, 11) is 1.27. The Bertz CT molecular complexity index is 612. The van der Waals surface area contributed by atoms with Gasteiger partial charge in [0.25, 0.3) is 5.91 Å². The van der Waals surface area contributed by atoms with Crippen LogP contribution in [0, 0.1) is 5.41 Å². The smallest absolute Gasteiger partial charge is 0.358 e. The molecule has 0 aliphatic carbocycles. The lowest BCUT2D eigenvalue weighted by Crippen LogP contribution is -2.42. The molecule has 1 N–H and O–H groups in total. The van der Waals surface area contributed by atoms with Crippen LogP contribution in [0.3, 0.4) is 0 Å². The number of nitrogens with zero attached hydrogens (tertiary/aromatic N) is 3. The fourth-order valence-corrected chi connectivity index (χ4v) is 4.04. The van der Waals surface area contributed by atoms with Gasteiger partial charge in [-0.15, -0.1) is 0 Å². The molecule has 7 nitrogen and oxygen atoms in total. The van der Waals surface area contributed by atoms with E-state index in [0.29, 0.717) is 0 Å². The maximum Gasteiger partial charge on any atom is 0.358 e. The normalized spacial score (nSPS) is 28.9. The zero-order valence-electron chi connectivity index (χ0n) is 13.4. The van der Waals surface area contributed by atoms with Crippen LogP contribution in [0.5, 0.6) is 0 Å². The highest BCUT2D eigenvalue weighted by Crippen LogP contribution is 2.51. The standard InChI is InChI=1S/C16H21N3O4/c1-3-16(9-20)6-10-4-5-13(16)19(10)14(21)11-7-18-12(8-17-11)15(22)23-2/h7-8,10,13,20H,3-6,9H2,1-2H3/t10-,13+,16-/m1/s1. The molecule has 2 aliphatic heterocycles. The molecule has 2 fully saturated rings. The highest BCUT2D eigenvalue weighted by atomic mass is 16.5. The highest BCUT2D eigenvalue weighted by molar-refractivity contribution is 5.94. The molecule has 0 aromatic carbocycles. The van der Waals surface area contributed by atoms with Crippen molar-refractivity contribution >= 4 is 11.9 Å². The molecule has 3 atom stereocenters. The monoisotopic (exact) mass is 319 g/mol. The number of ether oxygens (including phenoxy) is 1. The molecular formula is C16H21N3O4. The number of hydrogen-bond donors (Lipinski definition) is 1. The number of esters is 1. The van der Waals surface area contributed by atoms with Gasteiger partial charge in [0.2, 0.25) is 0 Å². The SMILES string of the molecule is CC[C@]1(CO)C[C@H]2CC[C@@H]1N2C(=O)c1cnc(C(=O)OC)cn1. The van der Waals surface area contributed by atoms with E-state index in [0.717, 1.165) is 25.7 Å². The molecule has 3 rings (SSSR count). The lowest BCUT2D eigenvalue weighted by molar-refractivity contribution is 0.0547. The number of aromatic nitrogens is 2. The van der Waals surface area contributed by atoms with Crippen molar-refractivity contribution in [2.75, 3.05) is 13.7 Å². The summed E-state index contributed by atoms with van der Waals surface area (Å²) in [5.74, 6) is -0.756. The summed E-state index contributed by atoms with van der Waals surface area (Å²) in [5, 5.41) is 9.82. The largest absolute Gasteiger partial charge is 0.464 e. The zero-order valence-corrected chi connectivity index (χ0v) is 13.4. The van der Waals surface area contributed by atoms with Crippen molar-refractivity contribution in [2.24, 2.45) is 5.41 Å². The molecule has 3 heterocycles. The second-order valence-electron chi connectivity index (χ2n) is 6.32. The van der Waals surface area contributed by atoms with Crippen LogP contribution < -0.4 is 0 Å². The Balaban J connectivity index is 1.83. The van der Waals surface area contributed by atoms with Crippen molar-refractivity contribution in [2.45, 2.75) is 44.7 Å². The Kier molecular flexibility index (Phi) is 4.06. The van der Waals surface area contributed by atoms with Gasteiger partial charge in [-0.2, -0.15) is 0 Å². The predicted octanol–water partition coefficient (Wildman–Crippen LogP) is 1.03. The van der Waals surface area contributed by atoms with E-state index < -0.39 is 5.97 Å². The summed E-state index contributed by atoms with van der Waals surface area (Å²) in [6.45, 7) is 2.16. The number of carbonyl (C=O) groups is 2. The van der Waals surface area contributed by atoms with Crippen molar-refractivity contribution in [3.63, 3.8) is 0 Å². The maximum absolute atomic E-state index is 12.8. The Morgan fingerprint density at radius 1 is 1.35 bits per heavy atom. The van der Waals surface area contributed by atoms with Crippen LogP contribution in [0.15, 0.2) is 12.4 Å². The first-order valence-electron chi connectivity index (χ1n) is 7.90. The predicted molar refractivity (Wildman–Crippen MR) is 80.8 cm³/mol. The van der Waals surface area contributed by atoms with Gasteiger partial charge < -0.3 is 14.7 Å². The fourth-order valence-electron chi connectivity index (χ4n) is 4.04. The van der Waals surface area contributed by atoms with Gasteiger partial charge in [-0.1, -0.05) is 6.92 Å². The molecule has 2 saturated heterocycles. The lowest BCUT2D eigenvalue weighted by Gasteiger charge is -2.34. The molecule has 0 saturated carbocycles. The first kappa shape index (κ1) is 15.9. The Hall–Kier alpha value is -2.02. The van der Waals surface area contributed by atoms with Crippen LogP contribution in [0.1, 0.15) is 53.6 Å². The minimum atomic E-state index is -0.581. The third-order valence-corrected chi connectivity index (χ3v) is 5.37. The summed E-state index contributed by atoms with van der Waals surface area (Å²) in [5.41, 5.74) is 0.101. The van der Waals surface area contributed by atoms with E-state index in [2.05, 4.69) is 21.6 Å². The number of rotatable bonds is 4. The van der Waals surface area contributed by atoms with E-state index in [4.69, 9.17) is 0 Å². The molecule has 23 heavy (non-hydrogen) atoms. The number of aliphatic hydroxyl groups excluding tert-OH is 1. The summed E-state index contributed by atoms with van der Waals surface area (Å²) < 4.78 is 4.57. The van der Waals surface area contributed by atoms with Gasteiger partial charge in [0.1, 0.15) is 5.69 Å². The van der Waals surface area contributed by atoms with Crippen molar-refractivity contribution in [1.29, 1.82) is 0 Å². The van der Waals surface area contributed by atoms with Crippen molar-refractivity contribution in [3.8, 4) is 0 Å². The molecule has 7 heteroatoms. The first-order valence-corrected chi connectivity index (χ1v) is 7.90. The van der Waals surface area contributed by atoms with E-state index >= 15 is 0 Å². The first-order chi connectivity index (χ1) is 11.1. The van der Waals surface area contributed by atoms with Crippen LogP contribution in [0.4, 0.5) is 0 Å². The van der Waals surface area contributed by atoms with Gasteiger partial charge in [-0.3, -0.25) is 4.79 Å². The number of fused-ring (bicyclic) bond motifs is 2. The second kappa shape index (κ2) is 5.88. The van der Waals surface area contributed by atoms with Gasteiger partial charge in [-0.25, -0.2) is 14.8 Å².